The summed E-state index contributed by atoms with van der Waals surface area (Å²) >= 11 is 0. The van der Waals surface area contributed by atoms with Crippen LogP contribution in [0.25, 0.3) is 0 Å². The van der Waals surface area contributed by atoms with Gasteiger partial charge in [-0.05, 0) is 39.5 Å². The van der Waals surface area contributed by atoms with E-state index in [1.54, 1.807) is 11.8 Å². The zero-order valence-electron chi connectivity index (χ0n) is 20.7. The van der Waals surface area contributed by atoms with Gasteiger partial charge < -0.3 is 24.4 Å². The third-order valence-corrected chi connectivity index (χ3v) is 8.08. The van der Waals surface area contributed by atoms with E-state index in [0.717, 1.165) is 19.3 Å². The molecular weight excluding hydrogens is 436 g/mol. The predicted octanol–water partition coefficient (Wildman–Crippen LogP) is 2.21. The summed E-state index contributed by atoms with van der Waals surface area (Å²) in [5.41, 5.74) is -2.34. The van der Waals surface area contributed by atoms with E-state index in [2.05, 4.69) is 6.92 Å². The van der Waals surface area contributed by atoms with Gasteiger partial charge in [0.05, 0.1) is 25.2 Å². The Hall–Kier alpha value is -2.19. The number of carbonyl (C=O) groups is 3. The van der Waals surface area contributed by atoms with E-state index in [-0.39, 0.29) is 31.1 Å². The molecule has 1 N–H and O–H groups in total. The molecule has 0 saturated carbocycles. The molecule has 7 atom stereocenters. The molecule has 188 valence electrons. The molecule has 0 aliphatic carbocycles. The van der Waals surface area contributed by atoms with Crippen LogP contribution in [0.4, 0.5) is 0 Å². The van der Waals surface area contributed by atoms with E-state index in [1.807, 2.05) is 38.2 Å². The number of carbonyl (C=O) groups excluding carboxylic acids is 3. The Morgan fingerprint density at radius 1 is 1.09 bits per heavy atom. The van der Waals surface area contributed by atoms with Gasteiger partial charge >= 0.3 is 5.97 Å². The molecule has 8 heteroatoms. The number of allylic oxidation sites excluding steroid dienone is 1. The molecule has 34 heavy (non-hydrogen) atoms. The van der Waals surface area contributed by atoms with E-state index in [4.69, 9.17) is 9.47 Å². The third-order valence-electron chi connectivity index (χ3n) is 8.08. The van der Waals surface area contributed by atoms with E-state index in [1.165, 1.54) is 4.90 Å². The van der Waals surface area contributed by atoms with Crippen molar-refractivity contribution in [3.8, 4) is 0 Å². The molecule has 0 aromatic carbocycles. The second-order valence-corrected chi connectivity index (χ2v) is 10.1. The third kappa shape index (κ3) is 3.61. The van der Waals surface area contributed by atoms with Gasteiger partial charge in [0, 0.05) is 12.6 Å². The van der Waals surface area contributed by atoms with Crippen LogP contribution >= 0.6 is 0 Å². The van der Waals surface area contributed by atoms with Crippen molar-refractivity contribution >= 4 is 17.8 Å². The first kappa shape index (κ1) is 24.9. The minimum absolute atomic E-state index is 0.0127. The largest absolute Gasteiger partial charge is 0.465 e. The lowest BCUT2D eigenvalue weighted by Crippen LogP contribution is -2.59. The van der Waals surface area contributed by atoms with Crippen LogP contribution in [-0.4, -0.2) is 81.8 Å². The second kappa shape index (κ2) is 9.46. The summed E-state index contributed by atoms with van der Waals surface area (Å²) in [6.07, 6.45) is 11.3. The van der Waals surface area contributed by atoms with Crippen molar-refractivity contribution < 1.29 is 29.0 Å². The lowest BCUT2D eigenvalue weighted by molar-refractivity contribution is -0.163. The molecule has 2 amide bonds. The van der Waals surface area contributed by atoms with Gasteiger partial charge in [0.1, 0.15) is 23.2 Å². The van der Waals surface area contributed by atoms with Gasteiger partial charge in [-0.3, -0.25) is 14.4 Å². The predicted molar refractivity (Wildman–Crippen MR) is 126 cm³/mol. The molecule has 4 heterocycles. The number of rotatable bonds is 6. The Balaban J connectivity index is 1.89. The summed E-state index contributed by atoms with van der Waals surface area (Å²) in [4.78, 5) is 44.9. The highest BCUT2D eigenvalue weighted by molar-refractivity contribution is 5.99. The molecule has 2 saturated heterocycles. The average molecular weight is 475 g/mol. The van der Waals surface area contributed by atoms with E-state index < -0.39 is 41.1 Å². The Morgan fingerprint density at radius 3 is 2.53 bits per heavy atom. The zero-order chi connectivity index (χ0) is 24.7. The minimum Gasteiger partial charge on any atom is -0.465 e. The maximum absolute atomic E-state index is 14.1. The fraction of sp³-hybridized carbons (Fsp3) is 0.731. The van der Waals surface area contributed by atoms with E-state index >= 15 is 0 Å². The molecular formula is C26H38N2O6. The average Bonchev–Trinajstić information content (AvgIpc) is 3.20. The molecule has 0 bridgehead atoms. The Bertz CT molecular complexity index is 887. The number of fused-ring (bicyclic) bond motifs is 2. The van der Waals surface area contributed by atoms with Gasteiger partial charge in [-0.1, -0.05) is 44.6 Å². The summed E-state index contributed by atoms with van der Waals surface area (Å²) in [5.74, 6) is -2.75. The monoisotopic (exact) mass is 474 g/mol. The molecule has 0 radical (unpaired) electrons. The fourth-order valence-electron chi connectivity index (χ4n) is 6.36. The zero-order valence-corrected chi connectivity index (χ0v) is 20.7. The molecule has 4 aliphatic rings. The van der Waals surface area contributed by atoms with E-state index in [0.29, 0.717) is 19.4 Å². The Kier molecular flexibility index (Phi) is 6.93. The number of likely N-dealkylation sites (tertiary alicyclic amines) is 1. The number of cyclic esters (lactones) is 1. The molecule has 0 aromatic rings. The van der Waals surface area contributed by atoms with Crippen LogP contribution < -0.4 is 0 Å². The topological polar surface area (TPSA) is 96.4 Å². The van der Waals surface area contributed by atoms with Crippen molar-refractivity contribution in [2.45, 2.75) is 89.1 Å². The number of nitrogens with zero attached hydrogens (tertiary/aromatic N) is 2. The maximum atomic E-state index is 14.1. The van der Waals surface area contributed by atoms with Crippen molar-refractivity contribution in [3.63, 3.8) is 0 Å². The number of aliphatic hydroxyl groups is 1. The first-order valence-electron chi connectivity index (χ1n) is 12.7. The van der Waals surface area contributed by atoms with Gasteiger partial charge in [0.25, 0.3) is 0 Å². The highest BCUT2D eigenvalue weighted by Crippen LogP contribution is 2.58. The standard InChI is InChI=1S/C26H38N2O6/c1-5-11-17(3)27-14-10-13-26-19(22(30)28(18(4)16-29)21(26)23(27)31)20-24(32)33-15-9-7-8-12-25(20,6-2)34-26/h8,10,12-13,17-21,29H,5-7,9,11,14-16H2,1-4H3/b12-8-/t17?,18-,19+,20-,21?,25+,26+/m1/s1. The van der Waals surface area contributed by atoms with Gasteiger partial charge in [-0.25, -0.2) is 0 Å². The lowest BCUT2D eigenvalue weighted by atomic mass is 9.73. The summed E-state index contributed by atoms with van der Waals surface area (Å²) in [5, 5.41) is 10.0. The molecule has 2 unspecified atom stereocenters. The second-order valence-electron chi connectivity index (χ2n) is 10.1. The van der Waals surface area contributed by atoms with Crippen molar-refractivity contribution in [2.75, 3.05) is 19.8 Å². The van der Waals surface area contributed by atoms with Gasteiger partial charge in [0.2, 0.25) is 11.8 Å². The number of aliphatic hydroxyl groups excluding tert-OH is 1. The quantitative estimate of drug-likeness (QED) is 0.468. The van der Waals surface area contributed by atoms with Crippen molar-refractivity contribution in [1.82, 2.24) is 9.80 Å². The number of esters is 1. The normalized spacial score (nSPS) is 38.1. The van der Waals surface area contributed by atoms with Crippen LogP contribution in [0, 0.1) is 11.8 Å². The number of hydrogen-bond acceptors (Lipinski definition) is 6. The Labute approximate surface area is 201 Å². The van der Waals surface area contributed by atoms with Gasteiger partial charge in [-0.2, -0.15) is 0 Å². The van der Waals surface area contributed by atoms with E-state index in [9.17, 15) is 19.5 Å². The first-order chi connectivity index (χ1) is 16.3. The summed E-state index contributed by atoms with van der Waals surface area (Å²) in [6.45, 7) is 8.16. The molecule has 0 aromatic heterocycles. The van der Waals surface area contributed by atoms with Gasteiger partial charge in [0.15, 0.2) is 0 Å². The van der Waals surface area contributed by atoms with Crippen molar-refractivity contribution in [2.24, 2.45) is 11.8 Å². The summed E-state index contributed by atoms with van der Waals surface area (Å²) < 4.78 is 12.5. The van der Waals surface area contributed by atoms with Crippen LogP contribution in [0.5, 0.6) is 0 Å². The molecule has 1 spiro atoms. The van der Waals surface area contributed by atoms with Crippen LogP contribution in [0.3, 0.4) is 0 Å². The number of amides is 2. The highest BCUT2D eigenvalue weighted by atomic mass is 16.6. The van der Waals surface area contributed by atoms with Crippen LogP contribution in [0.2, 0.25) is 0 Å². The highest BCUT2D eigenvalue weighted by Gasteiger charge is 2.75. The lowest BCUT2D eigenvalue weighted by Gasteiger charge is -2.41. The van der Waals surface area contributed by atoms with Crippen LogP contribution in [0.15, 0.2) is 24.3 Å². The van der Waals surface area contributed by atoms with Gasteiger partial charge in [-0.15, -0.1) is 0 Å². The molecule has 2 fully saturated rings. The van der Waals surface area contributed by atoms with Crippen molar-refractivity contribution in [1.29, 1.82) is 0 Å². The first-order valence-corrected chi connectivity index (χ1v) is 12.7. The van der Waals surface area contributed by atoms with Crippen LogP contribution in [-0.2, 0) is 23.9 Å². The molecule has 4 aliphatic heterocycles. The smallest absolute Gasteiger partial charge is 0.313 e. The molecule has 4 rings (SSSR count). The number of hydrogen-bond donors (Lipinski definition) is 1. The molecule has 8 nitrogen and oxygen atoms in total. The van der Waals surface area contributed by atoms with Crippen LogP contribution in [0.1, 0.15) is 59.8 Å². The fourth-order valence-corrected chi connectivity index (χ4v) is 6.36. The number of ether oxygens (including phenoxy) is 2. The summed E-state index contributed by atoms with van der Waals surface area (Å²) in [7, 11) is 0. The maximum Gasteiger partial charge on any atom is 0.313 e. The summed E-state index contributed by atoms with van der Waals surface area (Å²) in [6, 6.07) is -1.56. The minimum atomic E-state index is -1.30. The van der Waals surface area contributed by atoms with Crippen molar-refractivity contribution in [3.05, 3.63) is 24.3 Å². The SMILES string of the molecule is CCCC(C)N1CC=C[C@]23O[C@@]4(CC)/C=C\CCCOC(=O)[C@H]4[C@H]2C(=O)N([C@H](C)CO)C3C1=O. The Morgan fingerprint density at radius 2 is 1.85 bits per heavy atom.